The molecule has 5 nitrogen and oxygen atoms in total. The molecule has 2 rings (SSSR count). The summed E-state index contributed by atoms with van der Waals surface area (Å²) in [4.78, 5) is 14.5. The van der Waals surface area contributed by atoms with Crippen LogP contribution in [0.2, 0.25) is 0 Å². The standard InChI is InChI=1S/C12H16N2O3/c15-8-12(5-1-2-6-12)14-9-3-4-10(11(16)17)13-7-9/h3-4,7,14-15H,1-2,5-6,8H2,(H,16,17). The fourth-order valence-electron chi connectivity index (χ4n) is 2.27. The minimum atomic E-state index is -1.03. The average molecular weight is 236 g/mol. The number of anilines is 1. The fraction of sp³-hybridized carbons (Fsp3) is 0.500. The van der Waals surface area contributed by atoms with Gasteiger partial charge >= 0.3 is 5.97 Å². The highest BCUT2D eigenvalue weighted by atomic mass is 16.4. The van der Waals surface area contributed by atoms with E-state index in [1.54, 1.807) is 6.07 Å². The van der Waals surface area contributed by atoms with Crippen LogP contribution in [0.15, 0.2) is 18.3 Å². The number of hydrogen-bond donors (Lipinski definition) is 3. The Hall–Kier alpha value is -1.62. The molecule has 17 heavy (non-hydrogen) atoms. The molecule has 1 saturated carbocycles. The first kappa shape index (κ1) is 11.9. The Morgan fingerprint density at radius 2 is 2.12 bits per heavy atom. The normalized spacial score (nSPS) is 17.9. The van der Waals surface area contributed by atoms with Gasteiger partial charge < -0.3 is 15.5 Å². The van der Waals surface area contributed by atoms with E-state index in [0.29, 0.717) is 0 Å². The molecule has 92 valence electrons. The number of rotatable bonds is 4. The van der Waals surface area contributed by atoms with Gasteiger partial charge in [0.1, 0.15) is 5.69 Å². The van der Waals surface area contributed by atoms with Crippen molar-refractivity contribution < 1.29 is 15.0 Å². The Balaban J connectivity index is 2.10. The second-order valence-electron chi connectivity index (χ2n) is 4.51. The van der Waals surface area contributed by atoms with Gasteiger partial charge in [-0.15, -0.1) is 0 Å². The topological polar surface area (TPSA) is 82.5 Å². The number of carboxylic acid groups (broad SMARTS) is 1. The zero-order chi connectivity index (χ0) is 12.3. The molecule has 1 aromatic rings. The molecule has 0 spiro atoms. The number of carbonyl (C=O) groups is 1. The van der Waals surface area contributed by atoms with Gasteiger partial charge in [-0.2, -0.15) is 0 Å². The van der Waals surface area contributed by atoms with Crippen molar-refractivity contribution in [3.63, 3.8) is 0 Å². The summed E-state index contributed by atoms with van der Waals surface area (Å²) in [5.74, 6) is -1.03. The van der Waals surface area contributed by atoms with Crippen molar-refractivity contribution in [3.05, 3.63) is 24.0 Å². The average Bonchev–Trinajstić information content (AvgIpc) is 2.79. The summed E-state index contributed by atoms with van der Waals surface area (Å²) in [6.45, 7) is 0.0910. The van der Waals surface area contributed by atoms with Gasteiger partial charge in [0.05, 0.1) is 24.0 Å². The molecule has 0 aromatic carbocycles. The molecule has 1 aromatic heterocycles. The Labute approximate surface area is 99.5 Å². The van der Waals surface area contributed by atoms with Crippen LogP contribution in [0.1, 0.15) is 36.2 Å². The number of nitrogens with zero attached hydrogens (tertiary/aromatic N) is 1. The summed E-state index contributed by atoms with van der Waals surface area (Å²) in [7, 11) is 0. The van der Waals surface area contributed by atoms with Gasteiger partial charge in [-0.05, 0) is 25.0 Å². The summed E-state index contributed by atoms with van der Waals surface area (Å²) in [5, 5.41) is 21.4. The fourth-order valence-corrected chi connectivity index (χ4v) is 2.27. The molecule has 3 N–H and O–H groups in total. The monoisotopic (exact) mass is 236 g/mol. The van der Waals surface area contributed by atoms with E-state index in [4.69, 9.17) is 5.11 Å². The zero-order valence-corrected chi connectivity index (χ0v) is 9.52. The van der Waals surface area contributed by atoms with Crippen molar-refractivity contribution in [2.45, 2.75) is 31.2 Å². The molecule has 0 aliphatic heterocycles. The van der Waals surface area contributed by atoms with Crippen LogP contribution < -0.4 is 5.32 Å². The van der Waals surface area contributed by atoms with Crippen LogP contribution >= 0.6 is 0 Å². The van der Waals surface area contributed by atoms with Crippen LogP contribution in [0.25, 0.3) is 0 Å². The van der Waals surface area contributed by atoms with Gasteiger partial charge in [-0.25, -0.2) is 9.78 Å². The number of hydrogen-bond acceptors (Lipinski definition) is 4. The quantitative estimate of drug-likeness (QED) is 0.738. The van der Waals surface area contributed by atoms with E-state index in [1.165, 1.54) is 12.3 Å². The third-order valence-corrected chi connectivity index (χ3v) is 3.26. The number of aliphatic hydroxyl groups excluding tert-OH is 1. The van der Waals surface area contributed by atoms with Gasteiger partial charge in [0.15, 0.2) is 0 Å². The van der Waals surface area contributed by atoms with E-state index < -0.39 is 5.97 Å². The molecule has 1 aliphatic carbocycles. The van der Waals surface area contributed by atoms with Crippen molar-refractivity contribution >= 4 is 11.7 Å². The number of carboxylic acids is 1. The lowest BCUT2D eigenvalue weighted by molar-refractivity contribution is 0.0690. The number of pyridine rings is 1. The first-order valence-corrected chi connectivity index (χ1v) is 5.74. The molecule has 0 radical (unpaired) electrons. The highest BCUT2D eigenvalue weighted by Gasteiger charge is 2.32. The van der Waals surface area contributed by atoms with Crippen LogP contribution in [0.5, 0.6) is 0 Å². The van der Waals surface area contributed by atoms with Gasteiger partial charge in [-0.1, -0.05) is 12.8 Å². The molecular weight excluding hydrogens is 220 g/mol. The number of nitrogens with one attached hydrogen (secondary N) is 1. The first-order valence-electron chi connectivity index (χ1n) is 5.74. The summed E-state index contributed by atoms with van der Waals surface area (Å²) in [6, 6.07) is 3.15. The molecule has 0 bridgehead atoms. The Bertz CT molecular complexity index is 397. The van der Waals surface area contributed by atoms with Crippen molar-refractivity contribution in [1.82, 2.24) is 4.98 Å². The SMILES string of the molecule is O=C(O)c1ccc(NC2(CO)CCCC2)cn1. The summed E-state index contributed by atoms with van der Waals surface area (Å²) in [5.41, 5.74) is 0.526. The van der Waals surface area contributed by atoms with Gasteiger partial charge in [0.2, 0.25) is 0 Å². The van der Waals surface area contributed by atoms with Crippen LogP contribution in [0.3, 0.4) is 0 Å². The van der Waals surface area contributed by atoms with E-state index in [2.05, 4.69) is 10.3 Å². The van der Waals surface area contributed by atoms with E-state index >= 15 is 0 Å². The second kappa shape index (κ2) is 4.71. The largest absolute Gasteiger partial charge is 0.477 e. The molecule has 5 heteroatoms. The number of aromatic carboxylic acids is 1. The van der Waals surface area contributed by atoms with Crippen LogP contribution in [0.4, 0.5) is 5.69 Å². The lowest BCUT2D eigenvalue weighted by atomic mass is 9.98. The van der Waals surface area contributed by atoms with Gasteiger partial charge in [-0.3, -0.25) is 0 Å². The molecule has 1 heterocycles. The van der Waals surface area contributed by atoms with Gasteiger partial charge in [0.25, 0.3) is 0 Å². The first-order chi connectivity index (χ1) is 8.15. The van der Waals surface area contributed by atoms with E-state index in [0.717, 1.165) is 31.4 Å². The Morgan fingerprint density at radius 1 is 1.41 bits per heavy atom. The maximum Gasteiger partial charge on any atom is 0.354 e. The minimum absolute atomic E-state index is 0.0278. The lowest BCUT2D eigenvalue weighted by Crippen LogP contribution is -2.39. The molecule has 0 saturated heterocycles. The summed E-state index contributed by atoms with van der Waals surface area (Å²) >= 11 is 0. The van der Waals surface area contributed by atoms with Crippen LogP contribution in [-0.2, 0) is 0 Å². The second-order valence-corrected chi connectivity index (χ2v) is 4.51. The molecular formula is C12H16N2O3. The Kier molecular flexibility index (Phi) is 3.28. The summed E-state index contributed by atoms with van der Waals surface area (Å²) in [6.07, 6.45) is 5.58. The number of aliphatic hydroxyl groups is 1. The van der Waals surface area contributed by atoms with Crippen molar-refractivity contribution in [2.75, 3.05) is 11.9 Å². The smallest absolute Gasteiger partial charge is 0.354 e. The molecule has 0 atom stereocenters. The van der Waals surface area contributed by atoms with Crippen molar-refractivity contribution in [2.24, 2.45) is 0 Å². The van der Waals surface area contributed by atoms with Crippen molar-refractivity contribution in [3.8, 4) is 0 Å². The van der Waals surface area contributed by atoms with E-state index in [1.807, 2.05) is 0 Å². The molecule has 1 aliphatic rings. The van der Waals surface area contributed by atoms with Crippen LogP contribution in [-0.4, -0.2) is 33.3 Å². The minimum Gasteiger partial charge on any atom is -0.477 e. The zero-order valence-electron chi connectivity index (χ0n) is 9.52. The van der Waals surface area contributed by atoms with Crippen molar-refractivity contribution in [1.29, 1.82) is 0 Å². The summed E-state index contributed by atoms with van der Waals surface area (Å²) < 4.78 is 0. The predicted molar refractivity (Wildman–Crippen MR) is 63.1 cm³/mol. The van der Waals surface area contributed by atoms with E-state index in [-0.39, 0.29) is 17.8 Å². The molecule has 0 amide bonds. The maximum atomic E-state index is 10.7. The van der Waals surface area contributed by atoms with E-state index in [9.17, 15) is 9.90 Å². The predicted octanol–water partition coefficient (Wildman–Crippen LogP) is 1.50. The molecule has 1 fully saturated rings. The Morgan fingerprint density at radius 3 is 2.59 bits per heavy atom. The highest BCUT2D eigenvalue weighted by molar-refractivity contribution is 5.85. The third kappa shape index (κ3) is 2.55. The highest BCUT2D eigenvalue weighted by Crippen LogP contribution is 2.32. The molecule has 0 unspecified atom stereocenters. The maximum absolute atomic E-state index is 10.7. The third-order valence-electron chi connectivity index (χ3n) is 3.26. The number of aromatic nitrogens is 1. The van der Waals surface area contributed by atoms with Gasteiger partial charge in [0, 0.05) is 0 Å². The lowest BCUT2D eigenvalue weighted by Gasteiger charge is -2.29. The van der Waals surface area contributed by atoms with Crippen LogP contribution in [0, 0.1) is 0 Å².